The van der Waals surface area contributed by atoms with Gasteiger partial charge in [-0.25, -0.2) is 9.00 Å². The normalized spacial score (nSPS) is 15.6. The van der Waals surface area contributed by atoms with Crippen LogP contribution in [0.25, 0.3) is 11.1 Å². The Kier molecular flexibility index (Phi) is 7.57. The number of rotatable bonds is 9. The van der Waals surface area contributed by atoms with Crippen molar-refractivity contribution >= 4 is 22.9 Å². The topological polar surface area (TPSA) is 106 Å². The molecule has 0 heterocycles. The number of hydrogen-bond donors (Lipinski definition) is 2. The predicted molar refractivity (Wildman–Crippen MR) is 133 cm³/mol. The van der Waals surface area contributed by atoms with Gasteiger partial charge in [-0.3, -0.25) is 8.86 Å². The van der Waals surface area contributed by atoms with Crippen molar-refractivity contribution in [2.45, 2.75) is 25.3 Å². The highest BCUT2D eigenvalue weighted by atomic mass is 32.2. The molecule has 2 unspecified atom stereocenters. The molecule has 9 heteroatoms. The molecule has 0 amide bonds. The van der Waals surface area contributed by atoms with Crippen molar-refractivity contribution in [3.63, 3.8) is 0 Å². The van der Waals surface area contributed by atoms with Gasteiger partial charge in [-0.1, -0.05) is 24.3 Å². The second-order valence-corrected chi connectivity index (χ2v) is 8.94. The van der Waals surface area contributed by atoms with Gasteiger partial charge >= 0.3 is 5.97 Å². The average molecular weight is 498 g/mol. The molecule has 184 valence electrons. The van der Waals surface area contributed by atoms with Crippen molar-refractivity contribution in [2.75, 3.05) is 25.1 Å². The third-order valence-electron chi connectivity index (χ3n) is 6.07. The van der Waals surface area contributed by atoms with Crippen LogP contribution in [0.3, 0.4) is 0 Å². The molecule has 0 saturated heterocycles. The van der Waals surface area contributed by atoms with Gasteiger partial charge in [0.2, 0.25) is 0 Å². The molecule has 1 aliphatic rings. The summed E-state index contributed by atoms with van der Waals surface area (Å²) in [5.74, 6) is 0.832. The van der Waals surface area contributed by atoms with Crippen molar-refractivity contribution in [3.8, 4) is 28.4 Å². The smallest absolute Gasteiger partial charge is 0.341 e. The first kappa shape index (κ1) is 24.6. The lowest BCUT2D eigenvalue weighted by Gasteiger charge is -2.35. The Morgan fingerprint density at radius 1 is 1.06 bits per heavy atom. The van der Waals surface area contributed by atoms with Crippen molar-refractivity contribution < 1.29 is 32.9 Å². The molecule has 1 aliphatic carbocycles. The number of benzene rings is 3. The van der Waals surface area contributed by atoms with Crippen LogP contribution in [-0.4, -0.2) is 40.7 Å². The summed E-state index contributed by atoms with van der Waals surface area (Å²) in [5, 5.41) is 8.99. The molecule has 2 N–H and O–H groups in total. The summed E-state index contributed by atoms with van der Waals surface area (Å²) in [7, 11) is 3.20. The summed E-state index contributed by atoms with van der Waals surface area (Å²) < 4.78 is 40.6. The first-order valence-electron chi connectivity index (χ1n) is 11.1. The lowest BCUT2D eigenvalue weighted by molar-refractivity contribution is -0.139. The molecular formula is C26H27NO7S. The quantitative estimate of drug-likeness (QED) is 0.407. The van der Waals surface area contributed by atoms with Crippen molar-refractivity contribution in [3.05, 3.63) is 71.8 Å². The number of anilines is 1. The maximum Gasteiger partial charge on any atom is 0.341 e. The zero-order valence-electron chi connectivity index (χ0n) is 19.5. The highest BCUT2D eigenvalue weighted by Gasteiger charge is 2.31. The summed E-state index contributed by atoms with van der Waals surface area (Å²) in [6.07, 6.45) is 2.16. The van der Waals surface area contributed by atoms with Gasteiger partial charge in [0, 0.05) is 5.56 Å². The number of fused-ring (bicyclic) bond motifs is 1. The molecule has 0 aromatic heterocycles. The van der Waals surface area contributed by atoms with Crippen LogP contribution >= 0.6 is 0 Å². The lowest BCUT2D eigenvalue weighted by atomic mass is 9.87. The highest BCUT2D eigenvalue weighted by Crippen LogP contribution is 2.42. The predicted octanol–water partition coefficient (Wildman–Crippen LogP) is 4.85. The largest absolute Gasteiger partial charge is 0.497 e. The summed E-state index contributed by atoms with van der Waals surface area (Å²) in [6.45, 7) is -0.439. The number of ether oxygens (including phenoxy) is 3. The number of carboxylic acid groups (broad SMARTS) is 1. The van der Waals surface area contributed by atoms with Crippen LogP contribution in [0.2, 0.25) is 0 Å². The van der Waals surface area contributed by atoms with E-state index in [-0.39, 0.29) is 6.04 Å². The van der Waals surface area contributed by atoms with Crippen LogP contribution in [0, 0.1) is 0 Å². The summed E-state index contributed by atoms with van der Waals surface area (Å²) >= 11 is -2.29. The van der Waals surface area contributed by atoms with E-state index in [9.17, 15) is 13.6 Å². The number of aliphatic carboxylic acids is 1. The van der Waals surface area contributed by atoms with Gasteiger partial charge in [-0.05, 0) is 72.4 Å². The van der Waals surface area contributed by atoms with Gasteiger partial charge in [-0.2, -0.15) is 0 Å². The molecule has 0 radical (unpaired) electrons. The van der Waals surface area contributed by atoms with Crippen molar-refractivity contribution in [1.29, 1.82) is 0 Å². The molecule has 0 fully saturated rings. The van der Waals surface area contributed by atoms with Crippen LogP contribution in [-0.2, 0) is 22.5 Å². The molecule has 0 bridgehead atoms. The minimum atomic E-state index is -2.29. The Hall–Kier alpha value is -3.56. The Balaban J connectivity index is 1.68. The Labute approximate surface area is 206 Å². The molecular weight excluding hydrogens is 470 g/mol. The minimum Gasteiger partial charge on any atom is -0.497 e. The van der Waals surface area contributed by atoms with Crippen LogP contribution < -0.4 is 18.5 Å². The van der Waals surface area contributed by atoms with E-state index in [4.69, 9.17) is 19.3 Å². The van der Waals surface area contributed by atoms with Gasteiger partial charge < -0.3 is 19.3 Å². The standard InChI is InChI=1S/C26H27NO7S/c1-32-19-13-14-24(33-2)22(15-19)17-9-11-18(12-10-17)27(35(30)31)23-7-3-6-21-20(23)5-4-8-25(21)34-16-26(28)29/h4-5,8-15,23H,3,6-7,16H2,1-2H3,(H,28,29)(H,30,31). The van der Waals surface area contributed by atoms with Crippen LogP contribution in [0.5, 0.6) is 17.2 Å². The molecule has 0 aliphatic heterocycles. The highest BCUT2D eigenvalue weighted by molar-refractivity contribution is 7.80. The van der Waals surface area contributed by atoms with Crippen LogP contribution in [0.15, 0.2) is 60.7 Å². The fourth-order valence-electron chi connectivity index (χ4n) is 4.51. The van der Waals surface area contributed by atoms with E-state index in [1.165, 1.54) is 4.31 Å². The fraction of sp³-hybridized carbons (Fsp3) is 0.269. The first-order chi connectivity index (χ1) is 16.9. The van der Waals surface area contributed by atoms with Gasteiger partial charge in [0.05, 0.1) is 25.9 Å². The van der Waals surface area contributed by atoms with Crippen LogP contribution in [0.1, 0.15) is 30.0 Å². The monoisotopic (exact) mass is 497 g/mol. The van der Waals surface area contributed by atoms with Gasteiger partial charge in [-0.15, -0.1) is 0 Å². The van der Waals surface area contributed by atoms with Gasteiger partial charge in [0.25, 0.3) is 11.3 Å². The molecule has 35 heavy (non-hydrogen) atoms. The molecule has 3 aromatic rings. The number of hydrogen-bond acceptors (Lipinski definition) is 5. The lowest BCUT2D eigenvalue weighted by Crippen LogP contribution is -2.33. The molecule has 8 nitrogen and oxygen atoms in total. The van der Waals surface area contributed by atoms with E-state index in [1.807, 2.05) is 36.4 Å². The second-order valence-electron chi connectivity index (χ2n) is 8.08. The minimum absolute atomic E-state index is 0.366. The Bertz CT molecular complexity index is 1230. The van der Waals surface area contributed by atoms with E-state index in [2.05, 4.69) is 0 Å². The molecule has 4 rings (SSSR count). The van der Waals surface area contributed by atoms with Gasteiger partial charge in [0.1, 0.15) is 17.2 Å². The molecule has 0 spiro atoms. The Morgan fingerprint density at radius 2 is 1.83 bits per heavy atom. The van der Waals surface area contributed by atoms with E-state index in [0.717, 1.165) is 28.7 Å². The molecule has 0 saturated carbocycles. The van der Waals surface area contributed by atoms with Crippen molar-refractivity contribution in [1.82, 2.24) is 0 Å². The first-order valence-corrected chi connectivity index (χ1v) is 12.2. The fourth-order valence-corrected chi connectivity index (χ4v) is 5.25. The number of methoxy groups -OCH3 is 2. The summed E-state index contributed by atoms with van der Waals surface area (Å²) in [6, 6.07) is 18.0. The number of carboxylic acids is 1. The molecule has 3 aromatic carbocycles. The number of carbonyl (C=O) groups is 1. The zero-order chi connectivity index (χ0) is 24.9. The SMILES string of the molecule is COc1ccc(OC)c(-c2ccc(N(C3CCCc4c(OCC(=O)O)cccc43)S(=O)O)cc2)c1. The van der Waals surface area contributed by atoms with E-state index >= 15 is 0 Å². The summed E-state index contributed by atoms with van der Waals surface area (Å²) in [4.78, 5) is 11.0. The van der Waals surface area contributed by atoms with Gasteiger partial charge in [0.15, 0.2) is 6.61 Å². The average Bonchev–Trinajstić information content (AvgIpc) is 2.87. The Morgan fingerprint density at radius 3 is 2.49 bits per heavy atom. The third-order valence-corrected chi connectivity index (χ3v) is 6.88. The third kappa shape index (κ3) is 5.26. The van der Waals surface area contributed by atoms with E-state index < -0.39 is 23.8 Å². The maximum absolute atomic E-state index is 12.5. The van der Waals surface area contributed by atoms with Crippen molar-refractivity contribution in [2.24, 2.45) is 0 Å². The summed E-state index contributed by atoms with van der Waals surface area (Å²) in [5.41, 5.74) is 4.05. The number of nitrogens with zero attached hydrogens (tertiary/aromatic N) is 1. The van der Waals surface area contributed by atoms with E-state index in [1.54, 1.807) is 38.5 Å². The maximum atomic E-state index is 12.5. The van der Waals surface area contributed by atoms with Crippen LogP contribution in [0.4, 0.5) is 5.69 Å². The molecule has 2 atom stereocenters. The second kappa shape index (κ2) is 10.8. The van der Waals surface area contributed by atoms with E-state index in [0.29, 0.717) is 35.8 Å². The zero-order valence-corrected chi connectivity index (χ0v) is 20.3.